The number of carbonyl (C=O) groups is 1. The summed E-state index contributed by atoms with van der Waals surface area (Å²) in [5, 5.41) is 20.3. The fraction of sp³-hybridized carbons (Fsp3) is 0.643. The third-order valence-electron chi connectivity index (χ3n) is 2.74. The minimum absolute atomic E-state index is 0.000501. The number of hydrogen-bond acceptors (Lipinski definition) is 5. The fourth-order valence-electron chi connectivity index (χ4n) is 1.72. The third kappa shape index (κ3) is 4.89. The maximum atomic E-state index is 13.6. The second kappa shape index (κ2) is 6.89. The average molecular weight is 337 g/mol. The minimum atomic E-state index is -3.42. The van der Waals surface area contributed by atoms with Crippen molar-refractivity contribution in [2.24, 2.45) is 0 Å². The molecule has 1 aromatic rings. The van der Waals surface area contributed by atoms with Crippen LogP contribution in [0.25, 0.3) is 0 Å². The maximum Gasteiger partial charge on any atom is 0.410 e. The molecule has 1 amide bonds. The van der Waals surface area contributed by atoms with Crippen LogP contribution >= 0.6 is 11.3 Å². The monoisotopic (exact) mass is 337 g/mol. The number of halogens is 2. The van der Waals surface area contributed by atoms with Gasteiger partial charge in [-0.05, 0) is 32.2 Å². The van der Waals surface area contributed by atoms with Gasteiger partial charge in [-0.15, -0.1) is 11.3 Å². The summed E-state index contributed by atoms with van der Waals surface area (Å²) in [5.41, 5.74) is -0.687. The Morgan fingerprint density at radius 3 is 2.55 bits per heavy atom. The zero-order chi connectivity index (χ0) is 17.1. The molecule has 0 aliphatic carbocycles. The highest BCUT2D eigenvalue weighted by Gasteiger charge is 2.36. The van der Waals surface area contributed by atoms with Crippen molar-refractivity contribution in [1.82, 2.24) is 4.90 Å². The van der Waals surface area contributed by atoms with Gasteiger partial charge in [-0.25, -0.2) is 4.79 Å². The minimum Gasteiger partial charge on any atom is -0.444 e. The van der Waals surface area contributed by atoms with Crippen molar-refractivity contribution in [2.45, 2.75) is 38.4 Å². The number of nitrogens with zero attached hydrogens (tertiary/aromatic N) is 1. The van der Waals surface area contributed by atoms with Crippen LogP contribution < -0.4 is 0 Å². The van der Waals surface area contributed by atoms with E-state index in [4.69, 9.17) is 9.84 Å². The summed E-state index contributed by atoms with van der Waals surface area (Å²) in [5.74, 6) is -3.42. The molecule has 0 bridgehead atoms. The van der Waals surface area contributed by atoms with E-state index in [2.05, 4.69) is 0 Å². The number of amides is 1. The van der Waals surface area contributed by atoms with Crippen LogP contribution in [0.4, 0.5) is 13.6 Å². The first kappa shape index (κ1) is 18.8. The molecule has 1 heterocycles. The second-order valence-corrected chi connectivity index (χ2v) is 6.86. The quantitative estimate of drug-likeness (QED) is 0.867. The predicted molar refractivity (Wildman–Crippen MR) is 79.1 cm³/mol. The summed E-state index contributed by atoms with van der Waals surface area (Å²) in [7, 11) is 1.41. The number of carbonyl (C=O) groups excluding carboxylic acids is 1. The first-order valence-corrected chi connectivity index (χ1v) is 7.54. The van der Waals surface area contributed by atoms with E-state index in [1.807, 2.05) is 0 Å². The number of rotatable bonds is 5. The van der Waals surface area contributed by atoms with Gasteiger partial charge in [-0.2, -0.15) is 8.78 Å². The van der Waals surface area contributed by atoms with Crippen molar-refractivity contribution in [3.8, 4) is 0 Å². The molecular weight excluding hydrogens is 316 g/mol. The highest BCUT2D eigenvalue weighted by Crippen LogP contribution is 2.37. The number of likely N-dealkylation sites (N-methyl/N-ethyl adjacent to an activating group) is 1. The summed E-state index contributed by atoms with van der Waals surface area (Å²) in [4.78, 5) is 12.5. The van der Waals surface area contributed by atoms with Gasteiger partial charge >= 0.3 is 12.0 Å². The Kier molecular flexibility index (Phi) is 5.89. The summed E-state index contributed by atoms with van der Waals surface area (Å²) in [6.45, 7) is 3.57. The van der Waals surface area contributed by atoms with Crippen molar-refractivity contribution in [3.63, 3.8) is 0 Å². The highest BCUT2D eigenvalue weighted by molar-refractivity contribution is 7.10. The van der Waals surface area contributed by atoms with Crippen molar-refractivity contribution in [1.29, 1.82) is 0 Å². The smallest absolute Gasteiger partial charge is 0.410 e. The lowest BCUT2D eigenvalue weighted by atomic mass is 10.1. The lowest BCUT2D eigenvalue weighted by Crippen LogP contribution is -2.36. The largest absolute Gasteiger partial charge is 0.444 e. The zero-order valence-electron chi connectivity index (χ0n) is 13.0. The Morgan fingerprint density at radius 2 is 2.05 bits per heavy atom. The van der Waals surface area contributed by atoms with Crippen LogP contribution in [0.5, 0.6) is 0 Å². The van der Waals surface area contributed by atoms with Crippen molar-refractivity contribution < 1.29 is 28.5 Å². The van der Waals surface area contributed by atoms with Crippen molar-refractivity contribution >= 4 is 17.4 Å². The molecular formula is C14H21F2NO4S. The number of aliphatic hydroxyl groups excluding tert-OH is 2. The lowest BCUT2D eigenvalue weighted by molar-refractivity contribution is -0.0546. The van der Waals surface area contributed by atoms with E-state index < -0.39 is 35.2 Å². The second-order valence-electron chi connectivity index (χ2n) is 5.94. The summed E-state index contributed by atoms with van der Waals surface area (Å²) < 4.78 is 32.3. The molecule has 0 saturated heterocycles. The van der Waals surface area contributed by atoms with Gasteiger partial charge in [0, 0.05) is 12.6 Å². The van der Waals surface area contributed by atoms with E-state index in [-0.39, 0.29) is 12.1 Å². The van der Waals surface area contributed by atoms with Crippen LogP contribution in [0.2, 0.25) is 0 Å². The molecule has 1 atom stereocenters. The van der Waals surface area contributed by atoms with E-state index in [0.717, 1.165) is 16.2 Å². The van der Waals surface area contributed by atoms with Gasteiger partial charge in [-0.1, -0.05) is 0 Å². The van der Waals surface area contributed by atoms with E-state index in [1.54, 1.807) is 20.8 Å². The molecule has 0 saturated carbocycles. The van der Waals surface area contributed by atoms with E-state index in [9.17, 15) is 18.7 Å². The molecule has 8 heteroatoms. The highest BCUT2D eigenvalue weighted by atomic mass is 32.1. The van der Waals surface area contributed by atoms with Crippen LogP contribution in [0.1, 0.15) is 37.3 Å². The van der Waals surface area contributed by atoms with Gasteiger partial charge in [0.05, 0.1) is 17.5 Å². The number of aliphatic hydroxyl groups is 2. The fourth-order valence-corrected chi connectivity index (χ4v) is 2.65. The topological polar surface area (TPSA) is 70.0 Å². The van der Waals surface area contributed by atoms with Gasteiger partial charge in [0.15, 0.2) is 0 Å². The van der Waals surface area contributed by atoms with Gasteiger partial charge in [0.2, 0.25) is 0 Å². The molecule has 5 nitrogen and oxygen atoms in total. The Hall–Kier alpha value is -1.25. The van der Waals surface area contributed by atoms with Crippen LogP contribution in [0.3, 0.4) is 0 Å². The number of alkyl halides is 2. The molecule has 0 radical (unpaired) electrons. The summed E-state index contributed by atoms with van der Waals surface area (Å²) >= 11 is 0.750. The molecule has 0 fully saturated rings. The summed E-state index contributed by atoms with van der Waals surface area (Å²) in [6.07, 6.45) is -1.95. The number of thiophene rings is 1. The Labute approximate surface area is 132 Å². The maximum absolute atomic E-state index is 13.6. The van der Waals surface area contributed by atoms with Crippen LogP contribution in [0.15, 0.2) is 11.4 Å². The van der Waals surface area contributed by atoms with Crippen LogP contribution in [-0.4, -0.2) is 47.0 Å². The Morgan fingerprint density at radius 1 is 1.45 bits per heavy atom. The molecule has 0 aromatic carbocycles. The molecule has 2 N–H and O–H groups in total. The first-order valence-electron chi connectivity index (χ1n) is 6.66. The third-order valence-corrected chi connectivity index (χ3v) is 3.78. The normalized spacial score (nSPS) is 13.8. The molecule has 0 aliphatic heterocycles. The Bertz CT molecular complexity index is 513. The van der Waals surface area contributed by atoms with E-state index >= 15 is 0 Å². The summed E-state index contributed by atoms with van der Waals surface area (Å²) in [6, 6.07) is 1.36. The predicted octanol–water partition coefficient (Wildman–Crippen LogP) is 2.73. The molecule has 126 valence electrons. The number of ether oxygens (including phenoxy) is 1. The average Bonchev–Trinajstić information content (AvgIpc) is 2.86. The van der Waals surface area contributed by atoms with Crippen LogP contribution in [0, 0.1) is 0 Å². The number of hydrogen-bond donors (Lipinski definition) is 2. The molecule has 1 unspecified atom stereocenters. The first-order chi connectivity index (χ1) is 9.98. The van der Waals surface area contributed by atoms with E-state index in [1.165, 1.54) is 18.5 Å². The van der Waals surface area contributed by atoms with Gasteiger partial charge < -0.3 is 19.8 Å². The molecule has 0 spiro atoms. The van der Waals surface area contributed by atoms with Gasteiger partial charge in [0.1, 0.15) is 12.2 Å². The van der Waals surface area contributed by atoms with E-state index in [0.29, 0.717) is 0 Å². The van der Waals surface area contributed by atoms with Gasteiger partial charge in [0.25, 0.3) is 0 Å². The van der Waals surface area contributed by atoms with Gasteiger partial charge in [-0.3, -0.25) is 0 Å². The zero-order valence-corrected chi connectivity index (χ0v) is 13.8. The molecule has 1 rings (SSSR count). The molecule has 22 heavy (non-hydrogen) atoms. The molecule has 1 aromatic heterocycles. The lowest BCUT2D eigenvalue weighted by Gasteiger charge is -2.26. The van der Waals surface area contributed by atoms with Crippen molar-refractivity contribution in [3.05, 3.63) is 21.9 Å². The SMILES string of the molecule is CN(CC(O)c1ccsc1C(F)(F)CO)C(=O)OC(C)(C)C. The standard InChI is InChI=1S/C14H21F2NO4S/c1-13(2,3)21-12(20)17(4)7-10(19)9-5-6-22-11(9)14(15,16)8-18/h5-6,10,18-19H,7-8H2,1-4H3. The van der Waals surface area contributed by atoms with Crippen LogP contribution in [-0.2, 0) is 10.7 Å². The van der Waals surface area contributed by atoms with Crippen molar-refractivity contribution in [2.75, 3.05) is 20.2 Å². The molecule has 0 aliphatic rings. The Balaban J connectivity index is 2.80.